The molecule has 3 nitrogen and oxygen atoms in total. The monoisotopic (exact) mass is 260 g/mol. The number of carbonyl (C=O) groups is 1. The van der Waals surface area contributed by atoms with Gasteiger partial charge in [0.25, 0.3) is 0 Å². The van der Waals surface area contributed by atoms with E-state index in [1.54, 1.807) is 0 Å². The van der Waals surface area contributed by atoms with Gasteiger partial charge in [0, 0.05) is 6.04 Å². The van der Waals surface area contributed by atoms with Crippen molar-refractivity contribution >= 4 is 18.3 Å². The molecule has 2 N–H and O–H groups in total. The normalized spacial score (nSPS) is 33.6. The Labute approximate surface area is 111 Å². The summed E-state index contributed by atoms with van der Waals surface area (Å²) in [6, 6.07) is 0.514. The first-order valence-corrected chi connectivity index (χ1v) is 6.79. The second kappa shape index (κ2) is 7.22. The molecule has 0 bridgehead atoms. The second-order valence-electron chi connectivity index (χ2n) is 5.47. The van der Waals surface area contributed by atoms with E-state index in [0.717, 1.165) is 25.3 Å². The van der Waals surface area contributed by atoms with Crippen LogP contribution in [-0.4, -0.2) is 24.5 Å². The molecule has 1 aliphatic carbocycles. The van der Waals surface area contributed by atoms with Crippen molar-refractivity contribution in [2.24, 2.45) is 5.92 Å². The molecule has 2 rings (SSSR count). The van der Waals surface area contributed by atoms with Crippen molar-refractivity contribution in [2.45, 2.75) is 64.0 Å². The molecule has 4 heteroatoms. The van der Waals surface area contributed by atoms with Gasteiger partial charge in [-0.15, -0.1) is 12.4 Å². The maximum Gasteiger partial charge on any atom is 0.237 e. The molecule has 0 aromatic carbocycles. The van der Waals surface area contributed by atoms with Gasteiger partial charge in [-0.05, 0) is 44.6 Å². The van der Waals surface area contributed by atoms with Crippen LogP contribution in [0, 0.1) is 5.92 Å². The first-order chi connectivity index (χ1) is 7.75. The highest BCUT2D eigenvalue weighted by molar-refractivity contribution is 5.85. The van der Waals surface area contributed by atoms with Crippen LogP contribution < -0.4 is 10.6 Å². The summed E-state index contributed by atoms with van der Waals surface area (Å²) < 4.78 is 0. The Bertz CT molecular complexity index is 242. The summed E-state index contributed by atoms with van der Waals surface area (Å²) in [5.74, 6) is 1.07. The van der Waals surface area contributed by atoms with E-state index < -0.39 is 0 Å². The molecule has 3 atom stereocenters. The molecular formula is C13H25ClN2O. The quantitative estimate of drug-likeness (QED) is 0.748. The van der Waals surface area contributed by atoms with Gasteiger partial charge in [-0.25, -0.2) is 0 Å². The Kier molecular flexibility index (Phi) is 6.28. The smallest absolute Gasteiger partial charge is 0.237 e. The lowest BCUT2D eigenvalue weighted by Gasteiger charge is -2.19. The average molecular weight is 261 g/mol. The number of amides is 1. The van der Waals surface area contributed by atoms with Crippen molar-refractivity contribution in [3.8, 4) is 0 Å². The van der Waals surface area contributed by atoms with E-state index in [1.165, 1.54) is 32.1 Å². The molecule has 1 amide bonds. The molecule has 100 valence electrons. The van der Waals surface area contributed by atoms with Crippen molar-refractivity contribution < 1.29 is 4.79 Å². The Balaban J connectivity index is 0.00000144. The third-order valence-electron chi connectivity index (χ3n) is 3.98. The summed E-state index contributed by atoms with van der Waals surface area (Å²) in [6.45, 7) is 3.32. The molecule has 1 heterocycles. The summed E-state index contributed by atoms with van der Waals surface area (Å²) in [5, 5.41) is 6.48. The van der Waals surface area contributed by atoms with Crippen LogP contribution in [0.5, 0.6) is 0 Å². The maximum atomic E-state index is 11.9. The van der Waals surface area contributed by atoms with Gasteiger partial charge in [0.15, 0.2) is 0 Å². The van der Waals surface area contributed by atoms with Crippen LogP contribution >= 0.6 is 12.4 Å². The van der Waals surface area contributed by atoms with E-state index >= 15 is 0 Å². The lowest BCUT2D eigenvalue weighted by molar-refractivity contribution is -0.123. The minimum Gasteiger partial charge on any atom is -0.352 e. The molecule has 2 aliphatic rings. The fraction of sp³-hybridized carbons (Fsp3) is 0.923. The van der Waals surface area contributed by atoms with Crippen LogP contribution in [0.25, 0.3) is 0 Å². The van der Waals surface area contributed by atoms with Gasteiger partial charge in [-0.2, -0.15) is 0 Å². The molecule has 0 radical (unpaired) electrons. The van der Waals surface area contributed by atoms with Gasteiger partial charge in [0.2, 0.25) is 5.91 Å². The Morgan fingerprint density at radius 3 is 2.65 bits per heavy atom. The molecule has 1 aliphatic heterocycles. The van der Waals surface area contributed by atoms with Crippen LogP contribution in [0.3, 0.4) is 0 Å². The highest BCUT2D eigenvalue weighted by atomic mass is 35.5. The molecule has 2 unspecified atom stereocenters. The number of carbonyl (C=O) groups excluding carboxylic acids is 1. The van der Waals surface area contributed by atoms with Gasteiger partial charge < -0.3 is 10.6 Å². The largest absolute Gasteiger partial charge is 0.352 e. The topological polar surface area (TPSA) is 41.1 Å². The number of halogens is 1. The SMILES string of the molecule is CC1CCCC(NC(=O)[C@@H]2CCCN2)CC1.Cl. The number of rotatable bonds is 2. The zero-order valence-electron chi connectivity index (χ0n) is 10.7. The molecular weight excluding hydrogens is 236 g/mol. The fourth-order valence-electron chi connectivity index (χ4n) is 2.84. The molecule has 0 aromatic rings. The summed E-state index contributed by atoms with van der Waals surface area (Å²) in [7, 11) is 0. The third kappa shape index (κ3) is 4.47. The van der Waals surface area contributed by atoms with Gasteiger partial charge in [-0.1, -0.05) is 19.8 Å². The van der Waals surface area contributed by atoms with Crippen molar-refractivity contribution in [3.63, 3.8) is 0 Å². The van der Waals surface area contributed by atoms with Crippen molar-refractivity contribution in [1.29, 1.82) is 0 Å². The molecule has 0 spiro atoms. The van der Waals surface area contributed by atoms with Crippen LogP contribution in [0.1, 0.15) is 51.9 Å². The van der Waals surface area contributed by atoms with Crippen molar-refractivity contribution in [1.82, 2.24) is 10.6 Å². The zero-order chi connectivity index (χ0) is 11.4. The fourth-order valence-corrected chi connectivity index (χ4v) is 2.84. The van der Waals surface area contributed by atoms with Crippen molar-refractivity contribution in [3.05, 3.63) is 0 Å². The minimum absolute atomic E-state index is 0. The van der Waals surface area contributed by atoms with Gasteiger partial charge >= 0.3 is 0 Å². The number of hydrogen-bond acceptors (Lipinski definition) is 2. The van der Waals surface area contributed by atoms with E-state index in [9.17, 15) is 4.79 Å². The first-order valence-electron chi connectivity index (χ1n) is 6.79. The van der Waals surface area contributed by atoms with Gasteiger partial charge in [0.1, 0.15) is 0 Å². The summed E-state index contributed by atoms with van der Waals surface area (Å²) in [6.07, 6.45) is 8.35. The maximum absolute atomic E-state index is 11.9. The summed E-state index contributed by atoms with van der Waals surface area (Å²) >= 11 is 0. The lowest BCUT2D eigenvalue weighted by Crippen LogP contribution is -2.45. The molecule has 1 saturated heterocycles. The highest BCUT2D eigenvalue weighted by Gasteiger charge is 2.25. The standard InChI is InChI=1S/C13H24N2O.ClH/c1-10-4-2-5-11(8-7-10)15-13(16)12-6-3-9-14-12;/h10-12,14H,2-9H2,1H3,(H,15,16);1H/t10?,11?,12-;/m0./s1. The molecule has 1 saturated carbocycles. The predicted molar refractivity (Wildman–Crippen MR) is 72.5 cm³/mol. The highest BCUT2D eigenvalue weighted by Crippen LogP contribution is 2.22. The molecule has 0 aromatic heterocycles. The molecule has 2 fully saturated rings. The van der Waals surface area contributed by atoms with E-state index in [0.29, 0.717) is 6.04 Å². The van der Waals surface area contributed by atoms with E-state index in [1.807, 2.05) is 0 Å². The van der Waals surface area contributed by atoms with E-state index in [-0.39, 0.29) is 24.4 Å². The van der Waals surface area contributed by atoms with E-state index in [4.69, 9.17) is 0 Å². The van der Waals surface area contributed by atoms with Gasteiger partial charge in [-0.3, -0.25) is 4.79 Å². The third-order valence-corrected chi connectivity index (χ3v) is 3.98. The first kappa shape index (κ1) is 14.8. The summed E-state index contributed by atoms with van der Waals surface area (Å²) in [5.41, 5.74) is 0. The summed E-state index contributed by atoms with van der Waals surface area (Å²) in [4.78, 5) is 11.9. The Hall–Kier alpha value is -0.280. The Morgan fingerprint density at radius 2 is 1.94 bits per heavy atom. The average Bonchev–Trinajstić information content (AvgIpc) is 2.72. The van der Waals surface area contributed by atoms with Crippen LogP contribution in [0.4, 0.5) is 0 Å². The van der Waals surface area contributed by atoms with Crippen LogP contribution in [-0.2, 0) is 4.79 Å². The number of nitrogens with one attached hydrogen (secondary N) is 2. The Morgan fingerprint density at radius 1 is 1.12 bits per heavy atom. The van der Waals surface area contributed by atoms with Crippen LogP contribution in [0.2, 0.25) is 0 Å². The van der Waals surface area contributed by atoms with Crippen molar-refractivity contribution in [2.75, 3.05) is 6.54 Å². The lowest BCUT2D eigenvalue weighted by atomic mass is 10.0. The minimum atomic E-state index is 0. The zero-order valence-corrected chi connectivity index (χ0v) is 11.5. The second-order valence-corrected chi connectivity index (χ2v) is 5.47. The predicted octanol–water partition coefficient (Wildman–Crippen LogP) is 2.25. The van der Waals surface area contributed by atoms with Gasteiger partial charge in [0.05, 0.1) is 6.04 Å². The molecule has 17 heavy (non-hydrogen) atoms. The number of hydrogen-bond donors (Lipinski definition) is 2. The van der Waals surface area contributed by atoms with E-state index in [2.05, 4.69) is 17.6 Å². The van der Waals surface area contributed by atoms with Crippen LogP contribution in [0.15, 0.2) is 0 Å².